The van der Waals surface area contributed by atoms with E-state index in [0.29, 0.717) is 6.54 Å². The Labute approximate surface area is 114 Å². The van der Waals surface area contributed by atoms with Crippen LogP contribution in [0.3, 0.4) is 0 Å². The first kappa shape index (κ1) is 12.5. The fraction of sp³-hybridized carbons (Fsp3) is 0.231. The molecule has 1 N–H and O–H groups in total. The maximum Gasteiger partial charge on any atom is 0.269 e. The van der Waals surface area contributed by atoms with E-state index in [0.717, 1.165) is 11.1 Å². The van der Waals surface area contributed by atoms with Gasteiger partial charge in [-0.15, -0.1) is 0 Å². The molecule has 2 heterocycles. The van der Waals surface area contributed by atoms with Crippen LogP contribution >= 0.6 is 0 Å². The predicted octanol–water partition coefficient (Wildman–Crippen LogP) is 1.20. The van der Waals surface area contributed by atoms with Crippen LogP contribution < -0.4 is 5.32 Å². The van der Waals surface area contributed by atoms with Gasteiger partial charge in [0.1, 0.15) is 6.54 Å². The van der Waals surface area contributed by atoms with Gasteiger partial charge in [0.2, 0.25) is 0 Å². The second-order valence-electron chi connectivity index (χ2n) is 4.62. The standard InChI is InChI=1S/C13H12N4O3/c18-12(8-16-5-1-4-15-16)13-11-3-2-10(17(19)20)6-9(11)7-14-13/h1-6,13-14H,7-8H2. The van der Waals surface area contributed by atoms with E-state index in [4.69, 9.17) is 0 Å². The number of hydrogen-bond acceptors (Lipinski definition) is 5. The van der Waals surface area contributed by atoms with Crippen molar-refractivity contribution in [3.05, 3.63) is 57.9 Å². The average molecular weight is 272 g/mol. The molecule has 7 heteroatoms. The second-order valence-corrected chi connectivity index (χ2v) is 4.62. The zero-order chi connectivity index (χ0) is 14.1. The van der Waals surface area contributed by atoms with E-state index < -0.39 is 11.0 Å². The number of hydrogen-bond donors (Lipinski definition) is 1. The van der Waals surface area contributed by atoms with Gasteiger partial charge in [0.15, 0.2) is 5.78 Å². The summed E-state index contributed by atoms with van der Waals surface area (Å²) in [4.78, 5) is 22.5. The van der Waals surface area contributed by atoms with Gasteiger partial charge in [-0.3, -0.25) is 24.9 Å². The molecule has 0 radical (unpaired) electrons. The van der Waals surface area contributed by atoms with Crippen molar-refractivity contribution in [3.63, 3.8) is 0 Å². The molecule has 2 aromatic rings. The molecule has 1 aromatic heterocycles. The minimum Gasteiger partial charge on any atom is -0.300 e. The van der Waals surface area contributed by atoms with Crippen LogP contribution in [0.15, 0.2) is 36.7 Å². The van der Waals surface area contributed by atoms with Gasteiger partial charge < -0.3 is 0 Å². The van der Waals surface area contributed by atoms with Gasteiger partial charge in [-0.25, -0.2) is 0 Å². The molecule has 0 spiro atoms. The molecule has 1 atom stereocenters. The Hall–Kier alpha value is -2.54. The first-order valence-electron chi connectivity index (χ1n) is 6.16. The lowest BCUT2D eigenvalue weighted by Gasteiger charge is -2.10. The predicted molar refractivity (Wildman–Crippen MR) is 69.9 cm³/mol. The molecule has 0 amide bonds. The van der Waals surface area contributed by atoms with Crippen molar-refractivity contribution in [1.82, 2.24) is 15.1 Å². The first-order valence-corrected chi connectivity index (χ1v) is 6.16. The number of Topliss-reactive ketones (excluding diaryl/α,β-unsaturated/α-hetero) is 1. The molecule has 0 fully saturated rings. The van der Waals surface area contributed by atoms with Crippen LogP contribution in [-0.2, 0) is 17.9 Å². The monoisotopic (exact) mass is 272 g/mol. The van der Waals surface area contributed by atoms with Crippen molar-refractivity contribution in [1.29, 1.82) is 0 Å². The zero-order valence-electron chi connectivity index (χ0n) is 10.5. The van der Waals surface area contributed by atoms with Crippen LogP contribution in [0.2, 0.25) is 0 Å². The normalized spacial score (nSPS) is 16.9. The fourth-order valence-electron chi connectivity index (χ4n) is 2.39. The Balaban J connectivity index is 1.82. The number of fused-ring (bicyclic) bond motifs is 1. The van der Waals surface area contributed by atoms with E-state index >= 15 is 0 Å². The molecule has 7 nitrogen and oxygen atoms in total. The Morgan fingerprint density at radius 1 is 1.55 bits per heavy atom. The molecule has 1 aliphatic heterocycles. The first-order chi connectivity index (χ1) is 9.65. The summed E-state index contributed by atoms with van der Waals surface area (Å²) in [7, 11) is 0. The molecule has 0 aliphatic carbocycles. The van der Waals surface area contributed by atoms with Crippen molar-refractivity contribution < 1.29 is 9.72 Å². The highest BCUT2D eigenvalue weighted by atomic mass is 16.6. The van der Waals surface area contributed by atoms with E-state index in [1.54, 1.807) is 29.2 Å². The molecule has 102 valence electrons. The highest BCUT2D eigenvalue weighted by Gasteiger charge is 2.29. The lowest BCUT2D eigenvalue weighted by atomic mass is 10.0. The molecule has 1 aromatic carbocycles. The van der Waals surface area contributed by atoms with Gasteiger partial charge in [0.05, 0.1) is 11.0 Å². The summed E-state index contributed by atoms with van der Waals surface area (Å²) in [6.07, 6.45) is 3.34. The summed E-state index contributed by atoms with van der Waals surface area (Å²) in [5.41, 5.74) is 1.66. The van der Waals surface area contributed by atoms with Crippen LogP contribution in [0, 0.1) is 10.1 Å². The third-order valence-electron chi connectivity index (χ3n) is 3.34. The van der Waals surface area contributed by atoms with E-state index in [2.05, 4.69) is 10.4 Å². The number of nitro groups is 1. The summed E-state index contributed by atoms with van der Waals surface area (Å²) in [6, 6.07) is 5.94. The Morgan fingerprint density at radius 2 is 2.40 bits per heavy atom. The number of nitrogens with one attached hydrogen (secondary N) is 1. The minimum atomic E-state index is -0.431. The topological polar surface area (TPSA) is 90.1 Å². The van der Waals surface area contributed by atoms with E-state index in [-0.39, 0.29) is 18.0 Å². The van der Waals surface area contributed by atoms with Gasteiger partial charge in [0.25, 0.3) is 5.69 Å². The van der Waals surface area contributed by atoms with E-state index in [1.165, 1.54) is 12.1 Å². The van der Waals surface area contributed by atoms with Crippen molar-refractivity contribution in [2.75, 3.05) is 0 Å². The number of non-ortho nitro benzene ring substituents is 1. The van der Waals surface area contributed by atoms with Crippen molar-refractivity contribution in [2.24, 2.45) is 0 Å². The molecule has 1 unspecified atom stereocenters. The number of benzene rings is 1. The molecule has 3 rings (SSSR count). The molecule has 0 saturated carbocycles. The largest absolute Gasteiger partial charge is 0.300 e. The third-order valence-corrected chi connectivity index (χ3v) is 3.34. The van der Waals surface area contributed by atoms with Gasteiger partial charge in [-0.05, 0) is 23.3 Å². The lowest BCUT2D eigenvalue weighted by Crippen LogP contribution is -2.25. The third kappa shape index (κ3) is 2.19. The summed E-state index contributed by atoms with van der Waals surface area (Å²) in [6.45, 7) is 0.646. The summed E-state index contributed by atoms with van der Waals surface area (Å²) >= 11 is 0. The summed E-state index contributed by atoms with van der Waals surface area (Å²) < 4.78 is 1.56. The molecule has 20 heavy (non-hydrogen) atoms. The van der Waals surface area contributed by atoms with Crippen LogP contribution in [0.1, 0.15) is 17.2 Å². The number of rotatable bonds is 4. The minimum absolute atomic E-state index is 0.0127. The van der Waals surface area contributed by atoms with E-state index in [9.17, 15) is 14.9 Å². The molecule has 0 saturated heterocycles. The molecular weight excluding hydrogens is 260 g/mol. The number of nitro benzene ring substituents is 1. The Morgan fingerprint density at radius 3 is 3.10 bits per heavy atom. The SMILES string of the molecule is O=C(Cn1cccn1)C1NCc2cc([N+](=O)[O-])ccc21. The molecular formula is C13H12N4O3. The number of ketones is 1. The Kier molecular flexibility index (Phi) is 3.03. The number of nitrogens with zero attached hydrogens (tertiary/aromatic N) is 3. The average Bonchev–Trinajstić information content (AvgIpc) is 3.06. The van der Waals surface area contributed by atoms with Crippen LogP contribution in [0.25, 0.3) is 0 Å². The summed E-state index contributed by atoms with van der Waals surface area (Å²) in [5.74, 6) is -0.0127. The number of carbonyl (C=O) groups is 1. The number of carbonyl (C=O) groups excluding carboxylic acids is 1. The fourth-order valence-corrected chi connectivity index (χ4v) is 2.39. The van der Waals surface area contributed by atoms with Crippen molar-refractivity contribution in [3.8, 4) is 0 Å². The van der Waals surface area contributed by atoms with Gasteiger partial charge in [0, 0.05) is 31.1 Å². The quantitative estimate of drug-likeness (QED) is 0.667. The van der Waals surface area contributed by atoms with Gasteiger partial charge >= 0.3 is 0 Å². The van der Waals surface area contributed by atoms with Gasteiger partial charge in [-0.2, -0.15) is 5.10 Å². The molecule has 1 aliphatic rings. The summed E-state index contributed by atoms with van der Waals surface area (Å²) in [5, 5.41) is 17.8. The maximum atomic E-state index is 12.2. The van der Waals surface area contributed by atoms with Crippen molar-refractivity contribution in [2.45, 2.75) is 19.1 Å². The zero-order valence-corrected chi connectivity index (χ0v) is 10.5. The number of aromatic nitrogens is 2. The lowest BCUT2D eigenvalue weighted by molar-refractivity contribution is -0.384. The Bertz CT molecular complexity index is 666. The smallest absolute Gasteiger partial charge is 0.269 e. The second kappa shape index (κ2) is 4.86. The molecule has 0 bridgehead atoms. The van der Waals surface area contributed by atoms with Gasteiger partial charge in [-0.1, -0.05) is 0 Å². The van der Waals surface area contributed by atoms with E-state index in [1.807, 2.05) is 0 Å². The van der Waals surface area contributed by atoms with Crippen LogP contribution in [-0.4, -0.2) is 20.5 Å². The maximum absolute atomic E-state index is 12.2. The van der Waals surface area contributed by atoms with Crippen LogP contribution in [0.5, 0.6) is 0 Å². The highest BCUT2D eigenvalue weighted by molar-refractivity contribution is 5.86. The highest BCUT2D eigenvalue weighted by Crippen LogP contribution is 2.29. The van der Waals surface area contributed by atoms with Crippen molar-refractivity contribution >= 4 is 11.5 Å². The van der Waals surface area contributed by atoms with Crippen LogP contribution in [0.4, 0.5) is 5.69 Å².